The lowest BCUT2D eigenvalue weighted by atomic mass is 9.77. The van der Waals surface area contributed by atoms with E-state index in [1.54, 1.807) is 37.7 Å². The fraction of sp³-hybridized carbons (Fsp3) is 0.320. The molecule has 0 bridgehead atoms. The topological polar surface area (TPSA) is 106 Å². The highest BCUT2D eigenvalue weighted by atomic mass is 35.5. The predicted molar refractivity (Wildman–Crippen MR) is 128 cm³/mol. The van der Waals surface area contributed by atoms with Crippen molar-refractivity contribution in [1.82, 2.24) is 9.55 Å². The van der Waals surface area contributed by atoms with Gasteiger partial charge in [0.1, 0.15) is 11.7 Å². The number of carbonyl (C=O) groups is 2. The van der Waals surface area contributed by atoms with Crippen molar-refractivity contribution in [2.75, 3.05) is 6.61 Å². The van der Waals surface area contributed by atoms with Gasteiger partial charge in [-0.2, -0.15) is 0 Å². The molecular formula is C25H28ClN3O5. The van der Waals surface area contributed by atoms with E-state index >= 15 is 0 Å². The molecule has 2 N–H and O–H groups in total. The van der Waals surface area contributed by atoms with Crippen LogP contribution in [-0.2, 0) is 14.3 Å². The number of hydrogen-bond acceptors (Lipinski definition) is 6. The number of nitrogens with two attached hydrogens (primary N) is 1. The minimum atomic E-state index is -1.23. The third-order valence-electron chi connectivity index (χ3n) is 5.47. The third kappa shape index (κ3) is 5.88. The number of imidazole rings is 1. The fourth-order valence-corrected chi connectivity index (χ4v) is 3.86. The summed E-state index contributed by atoms with van der Waals surface area (Å²) in [6, 6.07) is 17.4. The molecule has 3 unspecified atom stereocenters. The Balaban J connectivity index is 1.98. The van der Waals surface area contributed by atoms with Crippen molar-refractivity contribution >= 4 is 23.7 Å². The molecular weight excluding hydrogens is 458 g/mol. The number of hydrogen-bond donors (Lipinski definition) is 1. The molecule has 0 radical (unpaired) electrons. The number of rotatable bonds is 10. The number of nitrogens with zero attached hydrogens (tertiary/aromatic N) is 2. The first-order valence-corrected chi connectivity index (χ1v) is 11.2. The van der Waals surface area contributed by atoms with E-state index in [2.05, 4.69) is 4.98 Å². The van der Waals surface area contributed by atoms with Gasteiger partial charge in [-0.15, -0.1) is 0 Å². The van der Waals surface area contributed by atoms with Gasteiger partial charge in [-0.1, -0.05) is 67.9 Å². The smallest absolute Gasteiger partial charge is 0.406 e. The summed E-state index contributed by atoms with van der Waals surface area (Å²) in [6.07, 6.45) is 2.82. The highest BCUT2D eigenvalue weighted by molar-refractivity contribution is 6.20. The van der Waals surface area contributed by atoms with Gasteiger partial charge in [0.05, 0.1) is 12.9 Å². The lowest BCUT2D eigenvalue weighted by Crippen LogP contribution is -2.47. The van der Waals surface area contributed by atoms with Crippen molar-refractivity contribution in [3.05, 3.63) is 73.3 Å². The van der Waals surface area contributed by atoms with E-state index < -0.39 is 35.2 Å². The summed E-state index contributed by atoms with van der Waals surface area (Å²) in [6.45, 7) is 5.22. The minimum Gasteiger partial charge on any atom is -0.469 e. The zero-order chi connectivity index (χ0) is 24.7. The summed E-state index contributed by atoms with van der Waals surface area (Å²) in [4.78, 5) is 28.6. The SMILES string of the molecule is CCOC(=O)C(C(Oc1ccc(-c2ccccc2)cc1)n1ccnc1)C(C)(C)C(Cl)OC(N)=O. The zero-order valence-electron chi connectivity index (χ0n) is 19.3. The van der Waals surface area contributed by atoms with Crippen LogP contribution in [0.25, 0.3) is 11.1 Å². The summed E-state index contributed by atoms with van der Waals surface area (Å²) in [5.74, 6) is -1.03. The van der Waals surface area contributed by atoms with Gasteiger partial charge in [-0.05, 0) is 30.2 Å². The van der Waals surface area contributed by atoms with Gasteiger partial charge in [0.15, 0.2) is 11.8 Å². The fourth-order valence-electron chi connectivity index (χ4n) is 3.63. The zero-order valence-corrected chi connectivity index (χ0v) is 20.0. The Hall–Kier alpha value is -3.52. The maximum atomic E-state index is 13.2. The number of benzene rings is 2. The molecule has 0 saturated carbocycles. The Morgan fingerprint density at radius 3 is 2.29 bits per heavy atom. The number of carbonyl (C=O) groups excluding carboxylic acids is 2. The van der Waals surface area contributed by atoms with Crippen LogP contribution in [0, 0.1) is 11.3 Å². The summed E-state index contributed by atoms with van der Waals surface area (Å²) in [7, 11) is 0. The molecule has 1 amide bonds. The van der Waals surface area contributed by atoms with Crippen LogP contribution >= 0.6 is 11.6 Å². The van der Waals surface area contributed by atoms with Crippen molar-refractivity contribution < 1.29 is 23.8 Å². The lowest BCUT2D eigenvalue weighted by molar-refractivity contribution is -0.164. The molecule has 3 atom stereocenters. The monoisotopic (exact) mass is 485 g/mol. The predicted octanol–water partition coefficient (Wildman–Crippen LogP) is 4.99. The van der Waals surface area contributed by atoms with E-state index in [4.69, 9.17) is 31.5 Å². The second-order valence-electron chi connectivity index (χ2n) is 8.21. The lowest BCUT2D eigenvalue weighted by Gasteiger charge is -2.39. The standard InChI is InChI=1S/C25H28ClN3O5/c1-4-32-22(30)20(25(2,3)23(26)34-24(27)31)21(29-15-14-28-16-29)33-19-12-10-18(11-13-19)17-8-6-5-7-9-17/h5-16,20-21,23H,4H2,1-3H3,(H2,27,31). The van der Waals surface area contributed by atoms with Crippen LogP contribution in [0.1, 0.15) is 27.0 Å². The molecule has 1 heterocycles. The molecule has 0 fully saturated rings. The van der Waals surface area contributed by atoms with E-state index in [9.17, 15) is 9.59 Å². The van der Waals surface area contributed by atoms with Crippen LogP contribution in [0.4, 0.5) is 4.79 Å². The normalized spacial score (nSPS) is 14.0. The quantitative estimate of drug-likeness (QED) is 0.320. The van der Waals surface area contributed by atoms with Crippen molar-refractivity contribution in [1.29, 1.82) is 0 Å². The number of esters is 1. The Kier molecular flexibility index (Phi) is 8.17. The Morgan fingerprint density at radius 2 is 1.74 bits per heavy atom. The van der Waals surface area contributed by atoms with Gasteiger partial charge in [-0.3, -0.25) is 4.79 Å². The van der Waals surface area contributed by atoms with Crippen LogP contribution in [0.3, 0.4) is 0 Å². The van der Waals surface area contributed by atoms with Crippen molar-refractivity contribution in [3.8, 4) is 16.9 Å². The summed E-state index contributed by atoms with van der Waals surface area (Å²) >= 11 is 6.39. The molecule has 9 heteroatoms. The number of halogens is 1. The van der Waals surface area contributed by atoms with Gasteiger partial charge in [0, 0.05) is 17.8 Å². The molecule has 0 spiro atoms. The van der Waals surface area contributed by atoms with Crippen LogP contribution in [0.2, 0.25) is 0 Å². The van der Waals surface area contributed by atoms with Crippen molar-refractivity contribution in [2.45, 2.75) is 32.6 Å². The molecule has 3 aromatic rings. The Labute approximate surface area is 203 Å². The van der Waals surface area contributed by atoms with E-state index in [0.29, 0.717) is 5.75 Å². The molecule has 3 rings (SSSR count). The number of primary amides is 1. The average molecular weight is 486 g/mol. The van der Waals surface area contributed by atoms with Crippen LogP contribution < -0.4 is 10.5 Å². The van der Waals surface area contributed by atoms with Gasteiger partial charge in [0.25, 0.3) is 0 Å². The molecule has 8 nitrogen and oxygen atoms in total. The largest absolute Gasteiger partial charge is 0.469 e. The second-order valence-corrected chi connectivity index (χ2v) is 8.61. The number of aromatic nitrogens is 2. The first-order chi connectivity index (χ1) is 16.2. The van der Waals surface area contributed by atoms with E-state index in [1.807, 2.05) is 54.6 Å². The minimum absolute atomic E-state index is 0.150. The molecule has 180 valence electrons. The third-order valence-corrected chi connectivity index (χ3v) is 6.12. The highest BCUT2D eigenvalue weighted by Crippen LogP contribution is 2.43. The summed E-state index contributed by atoms with van der Waals surface area (Å²) in [5.41, 5.74) is 4.90. The maximum absolute atomic E-state index is 13.2. The highest BCUT2D eigenvalue weighted by Gasteiger charge is 2.50. The van der Waals surface area contributed by atoms with E-state index in [1.165, 1.54) is 6.33 Å². The summed E-state index contributed by atoms with van der Waals surface area (Å²) < 4.78 is 18.3. The molecule has 0 aliphatic heterocycles. The summed E-state index contributed by atoms with van der Waals surface area (Å²) in [5, 5.41) is 0. The van der Waals surface area contributed by atoms with Gasteiger partial charge < -0.3 is 24.5 Å². The molecule has 1 aromatic heterocycles. The van der Waals surface area contributed by atoms with Crippen LogP contribution in [-0.4, -0.2) is 33.8 Å². The molecule has 2 aromatic carbocycles. The van der Waals surface area contributed by atoms with Crippen LogP contribution in [0.5, 0.6) is 5.75 Å². The van der Waals surface area contributed by atoms with Crippen molar-refractivity contribution in [2.24, 2.45) is 17.1 Å². The maximum Gasteiger partial charge on any atom is 0.406 e. The van der Waals surface area contributed by atoms with Gasteiger partial charge >= 0.3 is 12.1 Å². The van der Waals surface area contributed by atoms with Gasteiger partial charge in [0.2, 0.25) is 0 Å². The number of amides is 1. The van der Waals surface area contributed by atoms with E-state index in [0.717, 1.165) is 11.1 Å². The average Bonchev–Trinajstić information content (AvgIpc) is 3.34. The second kappa shape index (κ2) is 11.1. The van der Waals surface area contributed by atoms with Crippen molar-refractivity contribution in [3.63, 3.8) is 0 Å². The van der Waals surface area contributed by atoms with E-state index in [-0.39, 0.29) is 6.61 Å². The molecule has 0 aliphatic carbocycles. The van der Waals surface area contributed by atoms with Gasteiger partial charge in [-0.25, -0.2) is 9.78 Å². The molecule has 0 aliphatic rings. The number of ether oxygens (including phenoxy) is 3. The first-order valence-electron chi connectivity index (χ1n) is 10.8. The Bertz CT molecular complexity index is 1070. The first kappa shape index (κ1) is 25.1. The number of alkyl halides is 1. The van der Waals surface area contributed by atoms with Crippen LogP contribution in [0.15, 0.2) is 73.3 Å². The Morgan fingerprint density at radius 1 is 1.09 bits per heavy atom. The molecule has 0 saturated heterocycles. The molecule has 34 heavy (non-hydrogen) atoms.